The molecule has 274 valence electrons. The number of pyridine rings is 1. The number of likely N-dealkylation sites (tertiary alicyclic amines) is 1. The summed E-state index contributed by atoms with van der Waals surface area (Å²) in [7, 11) is -1.91. The predicted molar refractivity (Wildman–Crippen MR) is 177 cm³/mol. The van der Waals surface area contributed by atoms with Gasteiger partial charge in [-0.1, -0.05) is 17.7 Å². The van der Waals surface area contributed by atoms with Crippen molar-refractivity contribution in [2.45, 2.75) is 43.8 Å². The number of carbonyl (C=O) groups is 4. The van der Waals surface area contributed by atoms with E-state index in [0.29, 0.717) is 38.5 Å². The number of aromatic nitrogens is 1. The fraction of sp³-hybridized carbons (Fsp3) is 0.344. The number of phenolic OH excluding ortho intramolecular Hbond substituents is 2. The lowest BCUT2D eigenvalue weighted by Gasteiger charge is -2.36. The zero-order valence-corrected chi connectivity index (χ0v) is 27.9. The third kappa shape index (κ3) is 7.19. The van der Waals surface area contributed by atoms with Gasteiger partial charge in [0.25, 0.3) is 0 Å². The Labute approximate surface area is 299 Å². The number of amides is 5. The third-order valence-electron chi connectivity index (χ3n) is 9.26. The average molecular weight is 745 g/mol. The van der Waals surface area contributed by atoms with E-state index < -0.39 is 88.1 Å². The summed E-state index contributed by atoms with van der Waals surface area (Å²) < 4.78 is 34.1. The van der Waals surface area contributed by atoms with Crippen LogP contribution in [0.25, 0.3) is 0 Å². The summed E-state index contributed by atoms with van der Waals surface area (Å²) in [5.41, 5.74) is -0.391. The molecular weight excluding hydrogens is 713 g/mol. The molecule has 1 aromatic heterocycles. The van der Waals surface area contributed by atoms with E-state index in [1.807, 2.05) is 0 Å². The number of carboxylic acids is 1. The van der Waals surface area contributed by atoms with Gasteiger partial charge in [-0.3, -0.25) is 14.7 Å². The zero-order valence-electron chi connectivity index (χ0n) is 27.1. The van der Waals surface area contributed by atoms with Crippen molar-refractivity contribution < 1.29 is 58.1 Å². The molecule has 6 rings (SSSR count). The Bertz CT molecular complexity index is 1940. The number of benzene rings is 2. The van der Waals surface area contributed by atoms with Crippen molar-refractivity contribution in [3.05, 3.63) is 75.6 Å². The number of imide groups is 1. The highest BCUT2D eigenvalue weighted by Crippen LogP contribution is 2.41. The molecule has 3 aliphatic heterocycles. The highest BCUT2D eigenvalue weighted by atomic mass is 35.5. The monoisotopic (exact) mass is 744 g/mol. The summed E-state index contributed by atoms with van der Waals surface area (Å²) in [6.45, 7) is 1.92. The number of nitrogens with zero attached hydrogens (tertiary/aromatic N) is 4. The third-order valence-corrected chi connectivity index (χ3v) is 9.66. The van der Waals surface area contributed by atoms with Crippen LogP contribution in [0.1, 0.15) is 45.9 Å². The normalized spacial score (nSPS) is 18.5. The van der Waals surface area contributed by atoms with Crippen LogP contribution in [0.3, 0.4) is 0 Å². The number of carbonyl (C=O) groups excluding carboxylic acids is 3. The van der Waals surface area contributed by atoms with E-state index in [2.05, 4.69) is 20.5 Å². The molecule has 0 radical (unpaired) electrons. The Morgan fingerprint density at radius 3 is 2.46 bits per heavy atom. The molecule has 2 fully saturated rings. The van der Waals surface area contributed by atoms with Crippen LogP contribution in [-0.2, 0) is 17.8 Å². The van der Waals surface area contributed by atoms with Crippen molar-refractivity contribution >= 4 is 42.7 Å². The quantitative estimate of drug-likeness (QED) is 0.130. The van der Waals surface area contributed by atoms with Crippen molar-refractivity contribution in [1.29, 1.82) is 0 Å². The Hall–Kier alpha value is -5.40. The van der Waals surface area contributed by atoms with E-state index in [9.17, 15) is 53.4 Å². The average Bonchev–Trinajstić information content (AvgIpc) is 3.49. The number of carboxylic acid groups (broad SMARTS) is 1. The van der Waals surface area contributed by atoms with Gasteiger partial charge in [0, 0.05) is 50.5 Å². The Kier molecular flexibility index (Phi) is 10.3. The zero-order chi connectivity index (χ0) is 37.4. The van der Waals surface area contributed by atoms with Gasteiger partial charge in [-0.05, 0) is 48.6 Å². The summed E-state index contributed by atoms with van der Waals surface area (Å²) in [6, 6.07) is 0.461. The molecule has 16 nitrogen and oxygen atoms in total. The first-order valence-corrected chi connectivity index (χ1v) is 16.4. The summed E-state index contributed by atoms with van der Waals surface area (Å²) in [4.78, 5) is 61.0. The number of fused-ring (bicyclic) bond motifs is 1. The minimum atomic E-state index is -1.92. The molecule has 0 bridgehead atoms. The highest BCUT2D eigenvalue weighted by Gasteiger charge is 2.43. The van der Waals surface area contributed by atoms with Crippen molar-refractivity contribution in [1.82, 2.24) is 30.3 Å². The van der Waals surface area contributed by atoms with Gasteiger partial charge in [-0.25, -0.2) is 28.1 Å². The number of piperidine rings is 1. The predicted octanol–water partition coefficient (Wildman–Crippen LogP) is 2.12. The van der Waals surface area contributed by atoms with Crippen LogP contribution in [0.2, 0.25) is 5.02 Å². The number of aromatic hydroxyl groups is 3. The second-order valence-corrected chi connectivity index (χ2v) is 12.9. The van der Waals surface area contributed by atoms with Gasteiger partial charge in [0.1, 0.15) is 28.9 Å². The second kappa shape index (κ2) is 14.7. The lowest BCUT2D eigenvalue weighted by molar-refractivity contribution is -0.123. The minimum absolute atomic E-state index is 0.0584. The second-order valence-electron chi connectivity index (χ2n) is 12.6. The fourth-order valence-corrected chi connectivity index (χ4v) is 6.89. The first kappa shape index (κ1) is 36.4. The number of hydrogen-bond acceptors (Lipinski definition) is 11. The SMILES string of the molecule is O=C(O)c1c(F)ccc2c1OB(O)C(NC(=O)C(NC(=O)N1CCN(C3CCN(Cc4cncc(O)c4)CC3)C1=O)c1cc(F)c(O)c(O)c1Cl)C2. The molecule has 2 atom stereocenters. The van der Waals surface area contributed by atoms with Crippen LogP contribution in [0.5, 0.6) is 23.0 Å². The van der Waals surface area contributed by atoms with Crippen molar-refractivity contribution in [2.75, 3.05) is 26.2 Å². The maximum Gasteiger partial charge on any atom is 0.547 e. The van der Waals surface area contributed by atoms with Crippen LogP contribution in [0, 0.1) is 11.6 Å². The van der Waals surface area contributed by atoms with Crippen molar-refractivity contribution in [3.8, 4) is 23.0 Å². The Morgan fingerprint density at radius 2 is 1.77 bits per heavy atom. The maximum atomic E-state index is 14.6. The van der Waals surface area contributed by atoms with Gasteiger partial charge in [-0.2, -0.15) is 0 Å². The molecule has 0 saturated carbocycles. The van der Waals surface area contributed by atoms with E-state index in [1.165, 1.54) is 12.3 Å². The van der Waals surface area contributed by atoms with E-state index in [0.717, 1.165) is 16.5 Å². The molecule has 2 aromatic carbocycles. The Balaban J connectivity index is 1.17. The molecule has 4 heterocycles. The molecular formula is C32H32BClF2N6O10. The van der Waals surface area contributed by atoms with E-state index in [-0.39, 0.29) is 36.9 Å². The van der Waals surface area contributed by atoms with Gasteiger partial charge in [0.05, 0.1) is 17.2 Å². The Morgan fingerprint density at radius 1 is 1.04 bits per heavy atom. The molecule has 5 amide bonds. The largest absolute Gasteiger partial charge is 0.547 e. The van der Waals surface area contributed by atoms with Gasteiger partial charge in [-0.15, -0.1) is 0 Å². The van der Waals surface area contributed by atoms with Gasteiger partial charge in [0.2, 0.25) is 5.91 Å². The summed E-state index contributed by atoms with van der Waals surface area (Å²) in [5, 5.41) is 53.9. The van der Waals surface area contributed by atoms with Crippen LogP contribution in [0.4, 0.5) is 18.4 Å². The topological polar surface area (TPSA) is 225 Å². The number of hydrogen-bond donors (Lipinski definition) is 7. The molecule has 0 spiro atoms. The maximum absolute atomic E-state index is 14.6. The van der Waals surface area contributed by atoms with E-state index >= 15 is 0 Å². The lowest BCUT2D eigenvalue weighted by atomic mass is 9.72. The van der Waals surface area contributed by atoms with Gasteiger partial charge >= 0.3 is 25.1 Å². The molecule has 0 aliphatic carbocycles. The summed E-state index contributed by atoms with van der Waals surface area (Å²) in [5.74, 6) is -9.34. The smallest absolute Gasteiger partial charge is 0.534 e. The molecule has 20 heteroatoms. The van der Waals surface area contributed by atoms with Gasteiger partial charge in [0.15, 0.2) is 17.3 Å². The number of halogens is 3. The minimum Gasteiger partial charge on any atom is -0.534 e. The van der Waals surface area contributed by atoms with Crippen LogP contribution in [-0.4, -0.2) is 114 Å². The van der Waals surface area contributed by atoms with Gasteiger partial charge < -0.3 is 45.6 Å². The van der Waals surface area contributed by atoms with Crippen molar-refractivity contribution in [3.63, 3.8) is 0 Å². The molecule has 52 heavy (non-hydrogen) atoms. The van der Waals surface area contributed by atoms with Crippen LogP contribution < -0.4 is 15.3 Å². The van der Waals surface area contributed by atoms with E-state index in [4.69, 9.17) is 16.3 Å². The van der Waals surface area contributed by atoms with E-state index in [1.54, 1.807) is 17.2 Å². The van der Waals surface area contributed by atoms with Crippen LogP contribution >= 0.6 is 11.6 Å². The summed E-state index contributed by atoms with van der Waals surface area (Å²) in [6.07, 6.45) is 3.91. The lowest BCUT2D eigenvalue weighted by Crippen LogP contribution is -2.56. The highest BCUT2D eigenvalue weighted by molar-refractivity contribution is 6.47. The number of aromatic carboxylic acids is 1. The molecule has 7 N–H and O–H groups in total. The molecule has 2 unspecified atom stereocenters. The number of nitrogens with one attached hydrogen (secondary N) is 2. The fourth-order valence-electron chi connectivity index (χ4n) is 6.63. The standard InChI is InChI=1S/C32H32BClF2N6O10/c34-24-19(11-21(36)26(44)27(24)45)25(29(46)38-22-10-16-1-2-20(35)23(30(47)48)28(16)52-33(22)51)39-31(49)42-8-7-41(32(42)50)17-3-5-40(6-4-17)14-15-9-18(43)13-37-12-15/h1-2,9,11-13,17,22,25,43-45,51H,3-8,10,14H2,(H,38,46)(H,39,49)(H,47,48). The molecule has 3 aliphatic rings. The molecule has 3 aromatic rings. The molecule has 2 saturated heterocycles. The summed E-state index contributed by atoms with van der Waals surface area (Å²) >= 11 is 6.19. The first-order chi connectivity index (χ1) is 24.7. The number of phenols is 2. The first-order valence-electron chi connectivity index (χ1n) is 16.1. The number of urea groups is 2. The van der Waals surface area contributed by atoms with Crippen molar-refractivity contribution in [2.24, 2.45) is 0 Å². The van der Waals surface area contributed by atoms with Crippen LogP contribution in [0.15, 0.2) is 36.7 Å². The number of rotatable bonds is 8.